The van der Waals surface area contributed by atoms with Crippen LogP contribution in [0.2, 0.25) is 0 Å². The van der Waals surface area contributed by atoms with E-state index in [1.54, 1.807) is 19.2 Å². The third-order valence-electron chi connectivity index (χ3n) is 4.92. The van der Waals surface area contributed by atoms with Crippen LogP contribution in [0.5, 0.6) is 0 Å². The first-order valence-electron chi connectivity index (χ1n) is 10.6. The molecule has 8 heteroatoms. The van der Waals surface area contributed by atoms with E-state index in [9.17, 15) is 14.4 Å². The number of amides is 2. The molecule has 0 aliphatic heterocycles. The van der Waals surface area contributed by atoms with Crippen LogP contribution >= 0.6 is 0 Å². The van der Waals surface area contributed by atoms with E-state index in [4.69, 9.17) is 4.74 Å². The van der Waals surface area contributed by atoms with E-state index in [0.717, 1.165) is 11.1 Å². The first-order chi connectivity index (χ1) is 16.0. The molecule has 2 amide bonds. The number of Topliss-reactive ketones (excluding diaryl/α,β-unsaturated/α-hetero) is 1. The number of rotatable bonds is 11. The highest BCUT2D eigenvalue weighted by molar-refractivity contribution is 6.38. The van der Waals surface area contributed by atoms with Crippen LogP contribution in [0.25, 0.3) is 0 Å². The predicted octanol–water partition coefficient (Wildman–Crippen LogP) is 1.99. The van der Waals surface area contributed by atoms with Crippen molar-refractivity contribution in [2.75, 3.05) is 0 Å². The van der Waals surface area contributed by atoms with Gasteiger partial charge in [-0.05, 0) is 24.1 Å². The van der Waals surface area contributed by atoms with Crippen LogP contribution in [0.1, 0.15) is 23.7 Å². The number of nitrogens with one attached hydrogen (secondary N) is 2. The van der Waals surface area contributed by atoms with Gasteiger partial charge in [-0.3, -0.25) is 14.4 Å². The van der Waals surface area contributed by atoms with E-state index in [-0.39, 0.29) is 19.6 Å². The van der Waals surface area contributed by atoms with Crippen molar-refractivity contribution in [1.82, 2.24) is 20.6 Å². The number of benzene rings is 2. The molecule has 0 radical (unpaired) electrons. The lowest BCUT2D eigenvalue weighted by atomic mass is 10.0. The van der Waals surface area contributed by atoms with Crippen LogP contribution in [-0.2, 0) is 38.7 Å². The second-order valence-electron chi connectivity index (χ2n) is 7.44. The minimum atomic E-state index is -1.03. The van der Waals surface area contributed by atoms with Gasteiger partial charge in [-0.15, -0.1) is 0 Å². The van der Waals surface area contributed by atoms with Gasteiger partial charge in [0.15, 0.2) is 0 Å². The van der Waals surface area contributed by atoms with Gasteiger partial charge in [0.25, 0.3) is 5.91 Å². The second-order valence-corrected chi connectivity index (χ2v) is 7.44. The zero-order chi connectivity index (χ0) is 23.5. The number of aromatic nitrogens is 2. The van der Waals surface area contributed by atoms with E-state index in [0.29, 0.717) is 5.69 Å². The molecule has 3 rings (SSSR count). The van der Waals surface area contributed by atoms with Crippen molar-refractivity contribution < 1.29 is 19.1 Å². The van der Waals surface area contributed by atoms with Gasteiger partial charge in [0.1, 0.15) is 18.5 Å². The smallest absolute Gasteiger partial charge is 0.289 e. The molecule has 2 N–H and O–H groups in total. The summed E-state index contributed by atoms with van der Waals surface area (Å²) in [6.45, 7) is 1.94. The lowest BCUT2D eigenvalue weighted by Crippen LogP contribution is -2.51. The molecule has 1 heterocycles. The topological polar surface area (TPSA) is 110 Å². The summed E-state index contributed by atoms with van der Waals surface area (Å²) < 4.78 is 5.65. The van der Waals surface area contributed by atoms with Crippen molar-refractivity contribution in [3.05, 3.63) is 96.1 Å². The highest BCUT2D eigenvalue weighted by atomic mass is 16.5. The molecule has 0 unspecified atom stereocenters. The van der Waals surface area contributed by atoms with Gasteiger partial charge < -0.3 is 15.4 Å². The van der Waals surface area contributed by atoms with Gasteiger partial charge in [-0.1, -0.05) is 60.7 Å². The van der Waals surface area contributed by atoms with Crippen molar-refractivity contribution in [1.29, 1.82) is 0 Å². The Morgan fingerprint density at radius 3 is 2.24 bits per heavy atom. The van der Waals surface area contributed by atoms with Crippen molar-refractivity contribution in [3.63, 3.8) is 0 Å². The zero-order valence-electron chi connectivity index (χ0n) is 18.3. The number of hydrogen-bond acceptors (Lipinski definition) is 6. The second kappa shape index (κ2) is 12.2. The van der Waals surface area contributed by atoms with Crippen molar-refractivity contribution in [2.24, 2.45) is 0 Å². The molecule has 0 aliphatic rings. The zero-order valence-corrected chi connectivity index (χ0v) is 18.3. The molecule has 1 aromatic heterocycles. The fourth-order valence-corrected chi connectivity index (χ4v) is 3.06. The standard InChI is InChI=1S/C25H26N4O4/c1-18(33-16-20-10-6-3-7-11-20)24(31)29-22(14-19-8-4-2-5-9-19)23(30)25(32)27-15-21-12-13-26-17-28-21/h2-13,17-18,22H,14-16H2,1H3,(H,27,32)(H,29,31)/t18-,22-/m1/s1. The Balaban J connectivity index is 1.63. The minimum absolute atomic E-state index is 0.0791. The van der Waals surface area contributed by atoms with E-state index in [2.05, 4.69) is 20.6 Å². The molecule has 0 fully saturated rings. The summed E-state index contributed by atoms with van der Waals surface area (Å²) in [5.41, 5.74) is 2.31. The summed E-state index contributed by atoms with van der Waals surface area (Å²) in [5, 5.41) is 5.23. The molecular formula is C25H26N4O4. The minimum Gasteiger partial charge on any atom is -0.364 e. The van der Waals surface area contributed by atoms with Crippen molar-refractivity contribution >= 4 is 17.6 Å². The Labute approximate surface area is 192 Å². The first-order valence-corrected chi connectivity index (χ1v) is 10.6. The highest BCUT2D eigenvalue weighted by Gasteiger charge is 2.29. The maximum Gasteiger partial charge on any atom is 0.289 e. The van der Waals surface area contributed by atoms with Crippen molar-refractivity contribution in [3.8, 4) is 0 Å². The van der Waals surface area contributed by atoms with Gasteiger partial charge in [-0.2, -0.15) is 0 Å². The van der Waals surface area contributed by atoms with Crippen LogP contribution in [0.3, 0.4) is 0 Å². The van der Waals surface area contributed by atoms with Gasteiger partial charge in [0, 0.05) is 12.6 Å². The number of nitrogens with zero attached hydrogens (tertiary/aromatic N) is 2. The normalized spacial score (nSPS) is 12.4. The molecular weight excluding hydrogens is 420 g/mol. The molecule has 0 aliphatic carbocycles. The molecule has 0 saturated carbocycles. The van der Waals surface area contributed by atoms with E-state index < -0.39 is 29.7 Å². The highest BCUT2D eigenvalue weighted by Crippen LogP contribution is 2.07. The Bertz CT molecular complexity index is 1050. The van der Waals surface area contributed by atoms with Gasteiger partial charge in [-0.25, -0.2) is 9.97 Å². The van der Waals surface area contributed by atoms with Crippen LogP contribution in [0, 0.1) is 0 Å². The molecule has 2 aromatic carbocycles. The van der Waals surface area contributed by atoms with E-state index in [1.165, 1.54) is 6.33 Å². The third kappa shape index (κ3) is 7.62. The molecule has 8 nitrogen and oxygen atoms in total. The number of ether oxygens (including phenoxy) is 1. The maximum absolute atomic E-state index is 12.9. The van der Waals surface area contributed by atoms with Crippen LogP contribution in [0.15, 0.2) is 79.3 Å². The van der Waals surface area contributed by atoms with Crippen LogP contribution in [0.4, 0.5) is 0 Å². The van der Waals surface area contributed by atoms with E-state index >= 15 is 0 Å². The average molecular weight is 447 g/mol. The summed E-state index contributed by atoms with van der Waals surface area (Å²) in [7, 11) is 0. The third-order valence-corrected chi connectivity index (χ3v) is 4.92. The lowest BCUT2D eigenvalue weighted by Gasteiger charge is -2.20. The molecule has 0 saturated heterocycles. The van der Waals surface area contributed by atoms with Crippen LogP contribution < -0.4 is 10.6 Å². The molecule has 3 aromatic rings. The summed E-state index contributed by atoms with van der Waals surface area (Å²) in [5.74, 6) is -2.01. The van der Waals surface area contributed by atoms with Crippen molar-refractivity contribution in [2.45, 2.75) is 38.6 Å². The Hall–Kier alpha value is -3.91. The number of hydrogen-bond donors (Lipinski definition) is 2. The number of ketones is 1. The number of carbonyl (C=O) groups excluding carboxylic acids is 3. The molecule has 33 heavy (non-hydrogen) atoms. The predicted molar refractivity (Wildman–Crippen MR) is 122 cm³/mol. The first kappa shape index (κ1) is 23.7. The lowest BCUT2D eigenvalue weighted by molar-refractivity contribution is -0.141. The molecule has 0 bridgehead atoms. The summed E-state index contributed by atoms with van der Waals surface area (Å²) >= 11 is 0. The SMILES string of the molecule is C[C@@H](OCc1ccccc1)C(=O)N[C@H](Cc1ccccc1)C(=O)C(=O)NCc1ccncn1. The molecule has 2 atom stereocenters. The Morgan fingerprint density at radius 2 is 1.61 bits per heavy atom. The molecule has 0 spiro atoms. The fourth-order valence-electron chi connectivity index (χ4n) is 3.06. The summed E-state index contributed by atoms with van der Waals surface area (Å²) in [4.78, 5) is 46.0. The van der Waals surface area contributed by atoms with Gasteiger partial charge in [0.05, 0.1) is 18.8 Å². The Kier molecular flexibility index (Phi) is 8.79. The summed E-state index contributed by atoms with van der Waals surface area (Å²) in [6.07, 6.45) is 2.28. The van der Waals surface area contributed by atoms with Gasteiger partial charge in [0.2, 0.25) is 11.7 Å². The summed E-state index contributed by atoms with van der Waals surface area (Å²) in [6, 6.07) is 19.3. The van der Waals surface area contributed by atoms with Crippen LogP contribution in [-0.4, -0.2) is 39.7 Å². The quantitative estimate of drug-likeness (QED) is 0.436. The molecule has 170 valence electrons. The maximum atomic E-state index is 12.9. The Morgan fingerprint density at radius 1 is 0.939 bits per heavy atom. The largest absolute Gasteiger partial charge is 0.364 e. The average Bonchev–Trinajstić information content (AvgIpc) is 2.86. The van der Waals surface area contributed by atoms with E-state index in [1.807, 2.05) is 60.7 Å². The number of carbonyl (C=O) groups is 3. The monoisotopic (exact) mass is 446 g/mol. The van der Waals surface area contributed by atoms with Gasteiger partial charge >= 0.3 is 0 Å². The fraction of sp³-hybridized carbons (Fsp3) is 0.240.